The third kappa shape index (κ3) is 4.03. The molecule has 2 aromatic heterocycles. The molecule has 1 amide bonds. The second-order valence-corrected chi connectivity index (χ2v) is 9.36. The lowest BCUT2D eigenvalue weighted by atomic mass is 10.0. The van der Waals surface area contributed by atoms with E-state index in [4.69, 9.17) is 9.47 Å². The lowest BCUT2D eigenvalue weighted by molar-refractivity contribution is -0.133. The molecule has 3 heterocycles. The number of hydrogen-bond acceptors (Lipinski definition) is 6. The van der Waals surface area contributed by atoms with Gasteiger partial charge in [0.2, 0.25) is 5.91 Å². The van der Waals surface area contributed by atoms with E-state index in [9.17, 15) is 14.4 Å². The first-order valence-electron chi connectivity index (χ1n) is 11.7. The van der Waals surface area contributed by atoms with Crippen molar-refractivity contribution in [3.05, 3.63) is 57.8 Å². The summed E-state index contributed by atoms with van der Waals surface area (Å²) in [6.45, 7) is 1.47. The largest absolute Gasteiger partial charge is 0.488 e. The van der Waals surface area contributed by atoms with Crippen LogP contribution in [0.2, 0.25) is 0 Å². The summed E-state index contributed by atoms with van der Waals surface area (Å²) in [6.07, 6.45) is 9.48. The van der Waals surface area contributed by atoms with Crippen LogP contribution in [-0.2, 0) is 29.1 Å². The van der Waals surface area contributed by atoms with Crippen molar-refractivity contribution in [2.24, 2.45) is 11.3 Å². The Bertz CT molecular complexity index is 1120. The molecule has 33 heavy (non-hydrogen) atoms. The van der Waals surface area contributed by atoms with Crippen LogP contribution in [0, 0.1) is 11.3 Å². The van der Waals surface area contributed by atoms with Crippen LogP contribution in [0.15, 0.2) is 35.4 Å². The summed E-state index contributed by atoms with van der Waals surface area (Å²) in [5.74, 6) is -0.0255. The third-order valence-corrected chi connectivity index (χ3v) is 7.50. The van der Waals surface area contributed by atoms with Gasteiger partial charge in [-0.2, -0.15) is 0 Å². The van der Waals surface area contributed by atoms with Crippen molar-refractivity contribution in [3.8, 4) is 5.75 Å². The van der Waals surface area contributed by atoms with Crippen LogP contribution >= 0.6 is 0 Å². The first-order valence-corrected chi connectivity index (χ1v) is 11.7. The van der Waals surface area contributed by atoms with Gasteiger partial charge in [-0.1, -0.05) is 18.9 Å². The molecule has 1 spiro atoms. The molecule has 8 nitrogen and oxygen atoms in total. The van der Waals surface area contributed by atoms with Gasteiger partial charge in [0.15, 0.2) is 0 Å². The molecule has 3 aliphatic rings. The maximum atomic E-state index is 13.2. The average Bonchev–Trinajstić information content (AvgIpc) is 3.42. The molecule has 0 radical (unpaired) electrons. The highest BCUT2D eigenvalue weighted by Gasteiger charge is 2.59. The zero-order valence-corrected chi connectivity index (χ0v) is 18.9. The molecule has 2 aliphatic carbocycles. The van der Waals surface area contributed by atoms with E-state index in [-0.39, 0.29) is 40.7 Å². The Hall–Kier alpha value is -3.16. The van der Waals surface area contributed by atoms with Gasteiger partial charge in [0.05, 0.1) is 7.11 Å². The van der Waals surface area contributed by atoms with E-state index in [0.717, 1.165) is 24.8 Å². The van der Waals surface area contributed by atoms with Crippen LogP contribution in [-0.4, -0.2) is 46.5 Å². The molecule has 0 N–H and O–H groups in total. The van der Waals surface area contributed by atoms with Gasteiger partial charge in [-0.05, 0) is 30.7 Å². The van der Waals surface area contributed by atoms with E-state index in [1.54, 1.807) is 23.0 Å². The summed E-state index contributed by atoms with van der Waals surface area (Å²) in [6, 6.07) is 5.00. The normalized spacial score (nSPS) is 20.8. The number of fused-ring (bicyclic) bond motifs is 1. The quantitative estimate of drug-likeness (QED) is 0.649. The molecule has 2 saturated carbocycles. The van der Waals surface area contributed by atoms with Gasteiger partial charge >= 0.3 is 5.97 Å². The van der Waals surface area contributed by atoms with Crippen molar-refractivity contribution in [2.45, 2.75) is 51.7 Å². The maximum Gasteiger partial charge on any atom is 0.343 e. The van der Waals surface area contributed by atoms with Crippen molar-refractivity contribution in [3.63, 3.8) is 0 Å². The first-order chi connectivity index (χ1) is 16.0. The van der Waals surface area contributed by atoms with Crippen LogP contribution in [0.5, 0.6) is 5.75 Å². The molecular formula is C25H29N3O5. The van der Waals surface area contributed by atoms with Gasteiger partial charge in [-0.25, -0.2) is 4.79 Å². The fourth-order valence-electron chi connectivity index (χ4n) is 5.60. The Kier molecular flexibility index (Phi) is 5.68. The number of rotatable bonds is 5. The van der Waals surface area contributed by atoms with Crippen molar-refractivity contribution in [1.82, 2.24) is 14.5 Å². The Morgan fingerprint density at radius 1 is 1.21 bits per heavy atom. The molecule has 0 bridgehead atoms. The predicted molar refractivity (Wildman–Crippen MR) is 120 cm³/mol. The number of carbonyl (C=O) groups excluding carboxylic acids is 2. The predicted octanol–water partition coefficient (Wildman–Crippen LogP) is 2.57. The SMILES string of the molecule is COC(=O)c1c(OCc2cccnc2)cc(=O)n2c1CCN(C(=O)C1CC13CCCC3)CC2. The highest BCUT2D eigenvalue weighted by Crippen LogP contribution is 2.63. The summed E-state index contributed by atoms with van der Waals surface area (Å²) in [4.78, 5) is 44.9. The lowest BCUT2D eigenvalue weighted by Crippen LogP contribution is -2.36. The van der Waals surface area contributed by atoms with Crippen LogP contribution in [0.3, 0.4) is 0 Å². The number of pyridine rings is 2. The monoisotopic (exact) mass is 451 g/mol. The lowest BCUT2D eigenvalue weighted by Gasteiger charge is -2.21. The maximum absolute atomic E-state index is 13.2. The van der Waals surface area contributed by atoms with E-state index < -0.39 is 5.97 Å². The minimum atomic E-state index is -0.549. The number of aromatic nitrogens is 2. The topological polar surface area (TPSA) is 90.7 Å². The summed E-state index contributed by atoms with van der Waals surface area (Å²) < 4.78 is 12.5. The molecule has 8 heteroatoms. The number of hydrogen-bond donors (Lipinski definition) is 0. The minimum Gasteiger partial charge on any atom is -0.488 e. The van der Waals surface area contributed by atoms with Gasteiger partial charge in [0.25, 0.3) is 5.56 Å². The standard InChI is InChI=1S/C25H29N3O5/c1-32-24(31)22-19-6-10-27(23(30)18-14-25(18)7-2-3-8-25)11-12-28(19)21(29)13-20(22)33-16-17-5-4-9-26-15-17/h4-5,9,13,15,18H,2-3,6-8,10-12,14,16H2,1H3. The second-order valence-electron chi connectivity index (χ2n) is 9.36. The van der Waals surface area contributed by atoms with Gasteiger partial charge < -0.3 is 18.9 Å². The van der Waals surface area contributed by atoms with E-state index >= 15 is 0 Å². The van der Waals surface area contributed by atoms with Crippen LogP contribution in [0.25, 0.3) is 0 Å². The fraction of sp³-hybridized carbons (Fsp3) is 0.520. The molecule has 174 valence electrons. The smallest absolute Gasteiger partial charge is 0.343 e. The van der Waals surface area contributed by atoms with Crippen LogP contribution < -0.4 is 10.3 Å². The van der Waals surface area contributed by atoms with Gasteiger partial charge in [0, 0.05) is 61.7 Å². The molecular weight excluding hydrogens is 422 g/mol. The number of ether oxygens (including phenoxy) is 2. The average molecular weight is 452 g/mol. The van der Waals surface area contributed by atoms with Crippen LogP contribution in [0.1, 0.15) is 53.7 Å². The molecule has 1 unspecified atom stereocenters. The summed E-state index contributed by atoms with van der Waals surface area (Å²) in [7, 11) is 1.32. The van der Waals surface area contributed by atoms with Gasteiger partial charge in [-0.15, -0.1) is 0 Å². The number of amides is 1. The molecule has 5 rings (SSSR count). The zero-order chi connectivity index (χ0) is 23.0. The number of esters is 1. The second kappa shape index (κ2) is 8.65. The highest BCUT2D eigenvalue weighted by molar-refractivity contribution is 5.93. The molecule has 2 fully saturated rings. The summed E-state index contributed by atoms with van der Waals surface area (Å²) in [5, 5.41) is 0. The zero-order valence-electron chi connectivity index (χ0n) is 18.9. The molecule has 1 aliphatic heterocycles. The summed E-state index contributed by atoms with van der Waals surface area (Å²) in [5.41, 5.74) is 1.64. The Balaban J connectivity index is 1.39. The van der Waals surface area contributed by atoms with Gasteiger partial charge in [-0.3, -0.25) is 14.6 Å². The van der Waals surface area contributed by atoms with Crippen molar-refractivity contribution >= 4 is 11.9 Å². The fourth-order valence-corrected chi connectivity index (χ4v) is 5.60. The molecule has 1 atom stereocenters. The number of methoxy groups -OCH3 is 1. The Morgan fingerprint density at radius 2 is 2.03 bits per heavy atom. The molecule has 2 aromatic rings. The van der Waals surface area contributed by atoms with Crippen LogP contribution in [0.4, 0.5) is 0 Å². The molecule has 0 saturated heterocycles. The highest BCUT2D eigenvalue weighted by atomic mass is 16.5. The van der Waals surface area contributed by atoms with Crippen molar-refractivity contribution in [2.75, 3.05) is 20.2 Å². The van der Waals surface area contributed by atoms with Crippen molar-refractivity contribution < 1.29 is 19.1 Å². The van der Waals surface area contributed by atoms with Crippen molar-refractivity contribution in [1.29, 1.82) is 0 Å². The Morgan fingerprint density at radius 3 is 2.76 bits per heavy atom. The van der Waals surface area contributed by atoms with E-state index in [1.807, 2.05) is 11.0 Å². The number of carbonyl (C=O) groups is 2. The third-order valence-electron chi connectivity index (χ3n) is 7.50. The summed E-state index contributed by atoms with van der Waals surface area (Å²) >= 11 is 0. The number of nitrogens with zero attached hydrogens (tertiary/aromatic N) is 3. The first kappa shape index (κ1) is 21.7. The van der Waals surface area contributed by atoms with E-state index in [1.165, 1.54) is 26.0 Å². The molecule has 0 aromatic carbocycles. The van der Waals surface area contributed by atoms with Gasteiger partial charge in [0.1, 0.15) is 17.9 Å². The Labute approximate surface area is 192 Å². The van der Waals surface area contributed by atoms with E-state index in [0.29, 0.717) is 31.7 Å². The van der Waals surface area contributed by atoms with E-state index in [2.05, 4.69) is 4.98 Å². The minimum absolute atomic E-state index is 0.122.